The summed E-state index contributed by atoms with van der Waals surface area (Å²) in [6.07, 6.45) is 0. The van der Waals surface area contributed by atoms with Crippen molar-refractivity contribution in [2.75, 3.05) is 0 Å². The second-order valence-electron chi connectivity index (χ2n) is 7.88. The molecule has 3 nitrogen and oxygen atoms in total. The van der Waals surface area contributed by atoms with E-state index in [9.17, 15) is 0 Å². The van der Waals surface area contributed by atoms with Crippen LogP contribution in [0.2, 0.25) is 5.02 Å². The smallest absolute Gasteiger partial charge is 0.223 e. The van der Waals surface area contributed by atoms with E-state index < -0.39 is 0 Å². The summed E-state index contributed by atoms with van der Waals surface area (Å²) in [5.74, 6) is 2.08. The normalized spacial score (nSPS) is 11.5. The molecule has 0 amide bonds. The molecule has 3 aromatic rings. The largest absolute Gasteiger partial charge is 0.439 e. The maximum absolute atomic E-state index is 6.28. The van der Waals surface area contributed by atoms with Crippen molar-refractivity contribution >= 4 is 23.4 Å². The van der Waals surface area contributed by atoms with E-state index in [1.165, 1.54) is 5.56 Å². The third-order valence-electron chi connectivity index (χ3n) is 4.31. The van der Waals surface area contributed by atoms with Gasteiger partial charge in [-0.15, -0.1) is 0 Å². The molecule has 28 heavy (non-hydrogen) atoms. The van der Waals surface area contributed by atoms with Crippen molar-refractivity contribution in [3.05, 3.63) is 75.9 Å². The van der Waals surface area contributed by atoms with E-state index >= 15 is 0 Å². The Morgan fingerprint density at radius 2 is 1.75 bits per heavy atom. The van der Waals surface area contributed by atoms with Crippen LogP contribution in [0.1, 0.15) is 43.2 Å². The Kier molecular flexibility index (Phi) is 6.31. The summed E-state index contributed by atoms with van der Waals surface area (Å²) in [6, 6.07) is 15.9. The number of aromatic nitrogens is 2. The van der Waals surface area contributed by atoms with Gasteiger partial charge in [0.05, 0.1) is 5.69 Å². The number of aryl methyl sites for hydroxylation is 2. The van der Waals surface area contributed by atoms with Crippen molar-refractivity contribution in [3.8, 4) is 11.6 Å². The molecule has 0 atom stereocenters. The topological polar surface area (TPSA) is 35.0 Å². The van der Waals surface area contributed by atoms with E-state index in [0.29, 0.717) is 16.8 Å². The van der Waals surface area contributed by atoms with Gasteiger partial charge in [0.1, 0.15) is 5.75 Å². The van der Waals surface area contributed by atoms with Crippen molar-refractivity contribution in [1.82, 2.24) is 9.97 Å². The Morgan fingerprint density at radius 1 is 1.00 bits per heavy atom. The molecular weight excluding hydrogens is 388 g/mol. The molecule has 0 radical (unpaired) electrons. The van der Waals surface area contributed by atoms with Gasteiger partial charge < -0.3 is 4.74 Å². The van der Waals surface area contributed by atoms with Crippen LogP contribution in [0.5, 0.6) is 11.6 Å². The summed E-state index contributed by atoms with van der Waals surface area (Å²) in [6.45, 7) is 10.5. The summed E-state index contributed by atoms with van der Waals surface area (Å²) in [5, 5.41) is 1.45. The van der Waals surface area contributed by atoms with Gasteiger partial charge in [-0.2, -0.15) is 4.98 Å². The fraction of sp³-hybridized carbons (Fsp3) is 0.304. The van der Waals surface area contributed by atoms with Crippen LogP contribution in [0.15, 0.2) is 53.7 Å². The average Bonchev–Trinajstić information content (AvgIpc) is 2.62. The first-order valence-electron chi connectivity index (χ1n) is 9.23. The first kappa shape index (κ1) is 20.7. The molecule has 0 aliphatic heterocycles. The maximum Gasteiger partial charge on any atom is 0.223 e. The first-order valence-corrected chi connectivity index (χ1v) is 10.6. The summed E-state index contributed by atoms with van der Waals surface area (Å²) >= 11 is 7.85. The van der Waals surface area contributed by atoms with Crippen LogP contribution in [0.4, 0.5) is 0 Å². The molecule has 3 rings (SSSR count). The van der Waals surface area contributed by atoms with E-state index in [2.05, 4.69) is 38.7 Å². The number of rotatable bonds is 5. The molecule has 0 unspecified atom stereocenters. The summed E-state index contributed by atoms with van der Waals surface area (Å²) in [7, 11) is 0. The Labute approximate surface area is 176 Å². The van der Waals surface area contributed by atoms with E-state index in [1.807, 2.05) is 49.4 Å². The molecule has 1 heterocycles. The van der Waals surface area contributed by atoms with Gasteiger partial charge in [0, 0.05) is 22.3 Å². The SMILES string of the molecule is Cc1ccc(Oc2cc(C(C)(C)C)nc(SCc3ccccc3Cl)n2)c(C)c1. The zero-order valence-corrected chi connectivity index (χ0v) is 18.5. The zero-order valence-electron chi connectivity index (χ0n) is 16.9. The van der Waals surface area contributed by atoms with Crippen LogP contribution in [0, 0.1) is 13.8 Å². The standard InChI is InChI=1S/C23H25ClN2OS/c1-15-10-11-19(16(2)12-15)27-21-13-20(23(3,4)5)25-22(26-21)28-14-17-8-6-7-9-18(17)24/h6-13H,14H2,1-5H3. The molecule has 0 saturated heterocycles. The van der Waals surface area contributed by atoms with Gasteiger partial charge in [0.15, 0.2) is 5.16 Å². The number of benzene rings is 2. The first-order chi connectivity index (χ1) is 13.2. The Morgan fingerprint density at radius 3 is 2.43 bits per heavy atom. The monoisotopic (exact) mass is 412 g/mol. The maximum atomic E-state index is 6.28. The van der Waals surface area contributed by atoms with Gasteiger partial charge in [-0.3, -0.25) is 0 Å². The van der Waals surface area contributed by atoms with Gasteiger partial charge in [-0.05, 0) is 37.1 Å². The lowest BCUT2D eigenvalue weighted by molar-refractivity contribution is 0.443. The van der Waals surface area contributed by atoms with Gasteiger partial charge >= 0.3 is 0 Å². The van der Waals surface area contributed by atoms with Gasteiger partial charge in [-0.1, -0.05) is 80.0 Å². The van der Waals surface area contributed by atoms with Crippen molar-refractivity contribution < 1.29 is 4.74 Å². The summed E-state index contributed by atoms with van der Waals surface area (Å²) in [4.78, 5) is 9.39. The lowest BCUT2D eigenvalue weighted by atomic mass is 9.92. The predicted octanol–water partition coefficient (Wildman–Crippen LogP) is 7.13. The van der Waals surface area contributed by atoms with E-state index in [-0.39, 0.29) is 5.41 Å². The lowest BCUT2D eigenvalue weighted by Gasteiger charge is -2.19. The molecule has 0 aliphatic rings. The van der Waals surface area contributed by atoms with Gasteiger partial charge in [0.2, 0.25) is 5.88 Å². The molecule has 1 aromatic heterocycles. The Hall–Kier alpha value is -2.04. The predicted molar refractivity (Wildman–Crippen MR) is 118 cm³/mol. The number of thioether (sulfide) groups is 1. The fourth-order valence-electron chi connectivity index (χ4n) is 2.69. The average molecular weight is 413 g/mol. The van der Waals surface area contributed by atoms with E-state index in [0.717, 1.165) is 27.6 Å². The van der Waals surface area contributed by atoms with Gasteiger partial charge in [-0.25, -0.2) is 4.98 Å². The lowest BCUT2D eigenvalue weighted by Crippen LogP contribution is -2.14. The second kappa shape index (κ2) is 8.54. The molecule has 146 valence electrons. The molecule has 0 aliphatic carbocycles. The van der Waals surface area contributed by atoms with E-state index in [1.54, 1.807) is 11.8 Å². The van der Waals surface area contributed by atoms with E-state index in [4.69, 9.17) is 21.3 Å². The molecule has 0 spiro atoms. The summed E-state index contributed by atoms with van der Waals surface area (Å²) in [5.41, 5.74) is 4.20. The van der Waals surface area contributed by atoms with Crippen molar-refractivity contribution in [2.24, 2.45) is 0 Å². The molecule has 5 heteroatoms. The third kappa shape index (κ3) is 5.27. The van der Waals surface area contributed by atoms with Crippen LogP contribution in [0.25, 0.3) is 0 Å². The highest BCUT2D eigenvalue weighted by Crippen LogP contribution is 2.32. The van der Waals surface area contributed by atoms with Crippen LogP contribution in [-0.4, -0.2) is 9.97 Å². The van der Waals surface area contributed by atoms with Gasteiger partial charge in [0.25, 0.3) is 0 Å². The third-order valence-corrected chi connectivity index (χ3v) is 5.57. The van der Waals surface area contributed by atoms with Crippen LogP contribution < -0.4 is 4.74 Å². The number of ether oxygens (including phenoxy) is 1. The molecule has 0 N–H and O–H groups in total. The molecule has 2 aromatic carbocycles. The molecule has 0 saturated carbocycles. The number of nitrogens with zero attached hydrogens (tertiary/aromatic N) is 2. The summed E-state index contributed by atoms with van der Waals surface area (Å²) < 4.78 is 6.13. The Bertz CT molecular complexity index is 983. The minimum absolute atomic E-state index is 0.108. The molecule has 0 bridgehead atoms. The second-order valence-corrected chi connectivity index (χ2v) is 9.22. The van der Waals surface area contributed by atoms with Crippen molar-refractivity contribution in [1.29, 1.82) is 0 Å². The molecular formula is C23H25ClN2OS. The van der Waals surface area contributed by atoms with Crippen molar-refractivity contribution in [2.45, 2.75) is 50.9 Å². The quantitative estimate of drug-likeness (QED) is 0.329. The highest BCUT2D eigenvalue weighted by Gasteiger charge is 2.19. The van der Waals surface area contributed by atoms with Crippen LogP contribution in [0.3, 0.4) is 0 Å². The minimum Gasteiger partial charge on any atom is -0.439 e. The number of halogens is 1. The number of hydrogen-bond acceptors (Lipinski definition) is 4. The molecule has 0 fully saturated rings. The zero-order chi connectivity index (χ0) is 20.3. The highest BCUT2D eigenvalue weighted by molar-refractivity contribution is 7.98. The highest BCUT2D eigenvalue weighted by atomic mass is 35.5. The fourth-order valence-corrected chi connectivity index (χ4v) is 3.82. The Balaban J connectivity index is 1.89. The minimum atomic E-state index is -0.108. The number of hydrogen-bond donors (Lipinski definition) is 0. The van der Waals surface area contributed by atoms with Crippen LogP contribution in [-0.2, 0) is 11.2 Å². The van der Waals surface area contributed by atoms with Crippen LogP contribution >= 0.6 is 23.4 Å². The van der Waals surface area contributed by atoms with Crippen molar-refractivity contribution in [3.63, 3.8) is 0 Å².